The van der Waals surface area contributed by atoms with E-state index in [-0.39, 0.29) is 0 Å². The van der Waals surface area contributed by atoms with Crippen molar-refractivity contribution in [1.29, 1.82) is 0 Å². The van der Waals surface area contributed by atoms with Crippen LogP contribution in [0.5, 0.6) is 0 Å². The van der Waals surface area contributed by atoms with E-state index in [4.69, 9.17) is 0 Å². The van der Waals surface area contributed by atoms with Crippen molar-refractivity contribution >= 4 is 28.0 Å². The second kappa shape index (κ2) is 6.77. The number of carbonyl (C=O) groups excluding carboxylic acids is 1. The molecule has 2 nitrogen and oxygen atoms in total. The number of allylic oxidation sites excluding steroid dienone is 1. The maximum absolute atomic E-state index is 10.0. The van der Waals surface area contributed by atoms with E-state index >= 15 is 0 Å². The number of rotatable bonds is 5. The summed E-state index contributed by atoms with van der Waals surface area (Å²) < 4.78 is 7.01. The van der Waals surface area contributed by atoms with Gasteiger partial charge in [-0.3, -0.25) is 0 Å². The van der Waals surface area contributed by atoms with Crippen LogP contribution in [0.1, 0.15) is 13.3 Å². The standard InChI is InChI=1S/C6H11NO.2CH3.In/c1-2-4-7-5-3-6-8;;;/h3,5-6H,2,4H2,1H3,(H,7,8);2*1H3;/q;;;+1/p-1. The summed E-state index contributed by atoms with van der Waals surface area (Å²) in [5.41, 5.74) is 0. The van der Waals surface area contributed by atoms with Crippen LogP contribution >= 0.6 is 0 Å². The zero-order valence-electron chi connectivity index (χ0n) is 7.58. The predicted molar refractivity (Wildman–Crippen MR) is 49.7 cm³/mol. The first kappa shape index (κ1) is 11.1. The Morgan fingerprint density at radius 1 is 1.45 bits per heavy atom. The van der Waals surface area contributed by atoms with Gasteiger partial charge in [0.1, 0.15) is 0 Å². The summed E-state index contributed by atoms with van der Waals surface area (Å²) in [6.45, 7) is 3.27. The predicted octanol–water partition coefficient (Wildman–Crippen LogP) is 1.66. The van der Waals surface area contributed by atoms with Crippen LogP contribution in [0.4, 0.5) is 0 Å². The fraction of sp³-hybridized carbons (Fsp3) is 0.625. The van der Waals surface area contributed by atoms with E-state index in [0.29, 0.717) is 0 Å². The molecule has 3 heteroatoms. The second-order valence-electron chi connectivity index (χ2n) is 2.81. The summed E-state index contributed by atoms with van der Waals surface area (Å²) in [4.78, 5) is 10.0. The quantitative estimate of drug-likeness (QED) is 0.551. The van der Waals surface area contributed by atoms with Gasteiger partial charge in [-0.1, -0.05) is 0 Å². The Hall–Kier alpha value is 0.0801. The second-order valence-corrected chi connectivity index (χ2v) is 10.9. The molecular formula is C8H16InNO. The van der Waals surface area contributed by atoms with Crippen molar-refractivity contribution in [3.63, 3.8) is 0 Å². The van der Waals surface area contributed by atoms with Crippen LogP contribution in [0.15, 0.2) is 12.3 Å². The van der Waals surface area contributed by atoms with Gasteiger partial charge in [-0.15, -0.1) is 0 Å². The van der Waals surface area contributed by atoms with Crippen LogP contribution < -0.4 is 0 Å². The Labute approximate surface area is 77.2 Å². The van der Waals surface area contributed by atoms with Crippen LogP contribution in [0, 0.1) is 0 Å². The molecule has 0 N–H and O–H groups in total. The molecular weight excluding hydrogens is 241 g/mol. The molecule has 0 aromatic heterocycles. The SMILES string of the molecule is CCC[N](/C=C\C=O)[In]([CH3])[CH3]. The van der Waals surface area contributed by atoms with Gasteiger partial charge in [-0.05, 0) is 0 Å². The number of hydrogen-bond acceptors (Lipinski definition) is 2. The third-order valence-electron chi connectivity index (χ3n) is 1.50. The zero-order valence-corrected chi connectivity index (χ0v) is 10.9. The Bertz CT molecular complexity index is 134. The van der Waals surface area contributed by atoms with E-state index in [9.17, 15) is 4.79 Å². The average molecular weight is 257 g/mol. The van der Waals surface area contributed by atoms with Gasteiger partial charge in [0.15, 0.2) is 0 Å². The van der Waals surface area contributed by atoms with Gasteiger partial charge in [0.2, 0.25) is 0 Å². The van der Waals surface area contributed by atoms with Gasteiger partial charge in [-0.25, -0.2) is 0 Å². The third-order valence-corrected chi connectivity index (χ3v) is 6.52. The molecule has 0 bridgehead atoms. The number of carbonyl (C=O) groups is 1. The van der Waals surface area contributed by atoms with Gasteiger partial charge in [0.25, 0.3) is 0 Å². The van der Waals surface area contributed by atoms with Crippen molar-refractivity contribution in [3.05, 3.63) is 12.3 Å². The number of nitrogens with zero attached hydrogens (tertiary/aromatic N) is 1. The van der Waals surface area contributed by atoms with Crippen LogP contribution in [-0.2, 0) is 4.79 Å². The molecule has 0 rings (SSSR count). The summed E-state index contributed by atoms with van der Waals surface area (Å²) in [6.07, 6.45) is 5.54. The van der Waals surface area contributed by atoms with Crippen molar-refractivity contribution in [1.82, 2.24) is 2.89 Å². The van der Waals surface area contributed by atoms with Crippen molar-refractivity contribution < 1.29 is 4.79 Å². The summed E-state index contributed by atoms with van der Waals surface area (Å²) in [5, 5.41) is 0. The van der Waals surface area contributed by atoms with Gasteiger partial charge in [0.05, 0.1) is 0 Å². The van der Waals surface area contributed by atoms with Gasteiger partial charge < -0.3 is 0 Å². The van der Waals surface area contributed by atoms with E-state index in [1.165, 1.54) is 0 Å². The third kappa shape index (κ3) is 5.36. The summed E-state index contributed by atoms with van der Waals surface area (Å²) >= 11 is -1.37. The zero-order chi connectivity index (χ0) is 8.69. The van der Waals surface area contributed by atoms with Gasteiger partial charge in [-0.2, -0.15) is 0 Å². The Balaban J connectivity index is 3.87. The summed E-state index contributed by atoms with van der Waals surface area (Å²) in [7, 11) is 0. The molecule has 0 unspecified atom stereocenters. The fourth-order valence-corrected chi connectivity index (χ4v) is 4.39. The van der Waals surface area contributed by atoms with Crippen molar-refractivity contribution in [2.45, 2.75) is 22.7 Å². The molecule has 0 aromatic carbocycles. The first-order valence-electron chi connectivity index (χ1n) is 4.10. The molecule has 0 aliphatic heterocycles. The summed E-state index contributed by atoms with van der Waals surface area (Å²) in [6, 6.07) is 0. The van der Waals surface area contributed by atoms with Crippen LogP contribution in [-0.4, -0.2) is 37.4 Å². The topological polar surface area (TPSA) is 20.3 Å². The Morgan fingerprint density at radius 3 is 2.45 bits per heavy atom. The molecule has 0 amide bonds. The number of hydrogen-bond donors (Lipinski definition) is 0. The maximum atomic E-state index is 10.0. The van der Waals surface area contributed by atoms with Crippen molar-refractivity contribution in [2.24, 2.45) is 0 Å². The normalized spacial score (nSPS) is 10.1. The molecule has 62 valence electrons. The molecule has 0 aliphatic rings. The molecule has 0 saturated carbocycles. The van der Waals surface area contributed by atoms with Gasteiger partial charge >= 0.3 is 77.2 Å². The summed E-state index contributed by atoms with van der Waals surface area (Å²) in [5.74, 6) is 0. The monoisotopic (exact) mass is 257 g/mol. The Kier molecular flexibility index (Phi) is 6.82. The first-order valence-corrected chi connectivity index (χ1v) is 12.2. The van der Waals surface area contributed by atoms with E-state index in [2.05, 4.69) is 19.2 Å². The van der Waals surface area contributed by atoms with Crippen LogP contribution in [0.2, 0.25) is 9.36 Å². The van der Waals surface area contributed by atoms with E-state index in [1.807, 2.05) is 6.20 Å². The molecule has 0 heterocycles. The average Bonchev–Trinajstić information content (AvgIpc) is 1.97. The van der Waals surface area contributed by atoms with Crippen molar-refractivity contribution in [3.8, 4) is 0 Å². The molecule has 0 aromatic rings. The first-order chi connectivity index (χ1) is 5.22. The van der Waals surface area contributed by atoms with Gasteiger partial charge in [0, 0.05) is 0 Å². The molecule has 11 heavy (non-hydrogen) atoms. The minimum absolute atomic E-state index is 0.844. The molecule has 0 spiro atoms. The fourth-order valence-electron chi connectivity index (χ4n) is 0.909. The molecule has 0 fully saturated rings. The van der Waals surface area contributed by atoms with Crippen molar-refractivity contribution in [2.75, 3.05) is 6.54 Å². The van der Waals surface area contributed by atoms with E-state index in [0.717, 1.165) is 19.3 Å². The van der Waals surface area contributed by atoms with Crippen LogP contribution in [0.25, 0.3) is 0 Å². The van der Waals surface area contributed by atoms with Crippen LogP contribution in [0.3, 0.4) is 0 Å². The number of aldehydes is 1. The van der Waals surface area contributed by atoms with E-state index < -0.39 is 21.7 Å². The molecule has 0 radical (unpaired) electrons. The minimum atomic E-state index is -1.37. The van der Waals surface area contributed by atoms with E-state index in [1.54, 1.807) is 6.08 Å². The molecule has 0 atom stereocenters. The Morgan fingerprint density at radius 2 is 2.09 bits per heavy atom. The molecule has 0 aliphatic carbocycles. The molecule has 0 saturated heterocycles.